The maximum atomic E-state index is 11.7. The highest BCUT2D eigenvalue weighted by molar-refractivity contribution is 14.0. The molecule has 0 aliphatic carbocycles. The topological polar surface area (TPSA) is 111 Å². The van der Waals surface area contributed by atoms with E-state index in [-0.39, 0.29) is 42.4 Å². The first kappa shape index (κ1) is 22.6. The number of nitrogens with one attached hydrogen (secondary N) is 2. The molecule has 8 nitrogen and oxygen atoms in total. The van der Waals surface area contributed by atoms with Crippen molar-refractivity contribution in [3.8, 4) is 11.5 Å². The molecule has 4 N–H and O–H groups in total. The summed E-state index contributed by atoms with van der Waals surface area (Å²) in [6.07, 6.45) is 2.28. The molecule has 2 aromatic rings. The highest BCUT2D eigenvalue weighted by atomic mass is 127. The van der Waals surface area contributed by atoms with E-state index in [1.807, 2.05) is 18.2 Å². The summed E-state index contributed by atoms with van der Waals surface area (Å²) < 4.78 is 15.6. The van der Waals surface area contributed by atoms with Crippen molar-refractivity contribution in [3.63, 3.8) is 0 Å². The fourth-order valence-electron chi connectivity index (χ4n) is 2.24. The van der Waals surface area contributed by atoms with E-state index < -0.39 is 0 Å². The number of hydrogen-bond acceptors (Lipinski definition) is 5. The number of nitrogens with zero attached hydrogens (tertiary/aromatic N) is 1. The van der Waals surface area contributed by atoms with Crippen LogP contribution < -0.4 is 25.8 Å². The number of furan rings is 1. The van der Waals surface area contributed by atoms with Gasteiger partial charge < -0.3 is 30.3 Å². The normalized spacial score (nSPS) is 10.7. The molecule has 148 valence electrons. The first-order valence-electron chi connectivity index (χ1n) is 8.16. The minimum Gasteiger partial charge on any atom is -0.493 e. The van der Waals surface area contributed by atoms with Crippen LogP contribution in [-0.4, -0.2) is 39.2 Å². The second-order valence-corrected chi connectivity index (χ2v) is 5.42. The van der Waals surface area contributed by atoms with Crippen LogP contribution in [0.15, 0.2) is 46.0 Å². The van der Waals surface area contributed by atoms with Crippen LogP contribution in [0.5, 0.6) is 11.5 Å². The van der Waals surface area contributed by atoms with Gasteiger partial charge in [-0.15, -0.1) is 24.0 Å². The maximum absolute atomic E-state index is 11.7. The zero-order valence-corrected chi connectivity index (χ0v) is 17.7. The van der Waals surface area contributed by atoms with Crippen LogP contribution in [0.2, 0.25) is 0 Å². The van der Waals surface area contributed by atoms with Gasteiger partial charge in [0.05, 0.1) is 27.0 Å². The lowest BCUT2D eigenvalue weighted by Crippen LogP contribution is -2.35. The number of methoxy groups -OCH3 is 2. The van der Waals surface area contributed by atoms with Crippen LogP contribution >= 0.6 is 24.0 Å². The van der Waals surface area contributed by atoms with Gasteiger partial charge in [0.15, 0.2) is 17.5 Å². The van der Waals surface area contributed by atoms with E-state index in [1.54, 1.807) is 32.6 Å². The third kappa shape index (κ3) is 7.77. The smallest absolute Gasteiger partial charge is 0.242 e. The van der Waals surface area contributed by atoms with Crippen molar-refractivity contribution < 1.29 is 18.7 Å². The SMILES string of the molecule is COc1ccc(CCNC(N)=NCC(=O)NCc2ccco2)cc1OC.I. The van der Waals surface area contributed by atoms with Gasteiger partial charge in [-0.2, -0.15) is 0 Å². The van der Waals surface area contributed by atoms with Crippen molar-refractivity contribution in [3.05, 3.63) is 47.9 Å². The molecular weight excluding hydrogens is 463 g/mol. The number of carbonyl (C=O) groups excluding carboxylic acids is 1. The average Bonchev–Trinajstić information content (AvgIpc) is 3.18. The first-order valence-corrected chi connectivity index (χ1v) is 8.16. The first-order chi connectivity index (χ1) is 12.6. The number of aliphatic imine (C=N–C) groups is 1. The maximum Gasteiger partial charge on any atom is 0.242 e. The number of ether oxygens (including phenoxy) is 2. The molecule has 1 aromatic carbocycles. The Morgan fingerprint density at radius 1 is 1.19 bits per heavy atom. The van der Waals surface area contributed by atoms with Crippen LogP contribution in [0.4, 0.5) is 0 Å². The number of nitrogens with two attached hydrogens (primary N) is 1. The van der Waals surface area contributed by atoms with Crippen LogP contribution in [-0.2, 0) is 17.8 Å². The number of hydrogen-bond donors (Lipinski definition) is 3. The van der Waals surface area contributed by atoms with E-state index in [9.17, 15) is 4.79 Å². The van der Waals surface area contributed by atoms with Crippen molar-refractivity contribution in [2.75, 3.05) is 27.3 Å². The Bertz CT molecular complexity index is 735. The van der Waals surface area contributed by atoms with Gasteiger partial charge >= 0.3 is 0 Å². The Morgan fingerprint density at radius 2 is 1.96 bits per heavy atom. The Morgan fingerprint density at radius 3 is 2.63 bits per heavy atom. The summed E-state index contributed by atoms with van der Waals surface area (Å²) >= 11 is 0. The molecule has 1 heterocycles. The molecule has 0 spiro atoms. The third-order valence-corrected chi connectivity index (χ3v) is 3.60. The molecular formula is C18H25IN4O4. The number of benzene rings is 1. The number of halogens is 1. The molecule has 0 unspecified atom stereocenters. The molecule has 0 saturated carbocycles. The second-order valence-electron chi connectivity index (χ2n) is 5.42. The molecule has 0 radical (unpaired) electrons. The molecule has 0 saturated heterocycles. The summed E-state index contributed by atoms with van der Waals surface area (Å²) in [5.41, 5.74) is 6.84. The van der Waals surface area contributed by atoms with Gasteiger partial charge in [0.2, 0.25) is 5.91 Å². The van der Waals surface area contributed by atoms with Crippen molar-refractivity contribution in [2.45, 2.75) is 13.0 Å². The Balaban J connectivity index is 0.00000364. The summed E-state index contributed by atoms with van der Waals surface area (Å²) in [7, 11) is 3.20. The van der Waals surface area contributed by atoms with Gasteiger partial charge in [0, 0.05) is 6.54 Å². The highest BCUT2D eigenvalue weighted by Gasteiger charge is 2.05. The predicted molar refractivity (Wildman–Crippen MR) is 114 cm³/mol. The molecule has 0 bridgehead atoms. The van der Waals surface area contributed by atoms with Crippen LogP contribution in [0.25, 0.3) is 0 Å². The van der Waals surface area contributed by atoms with Gasteiger partial charge in [-0.25, -0.2) is 4.99 Å². The molecule has 1 amide bonds. The molecule has 0 aliphatic rings. The van der Waals surface area contributed by atoms with Crippen molar-refractivity contribution in [2.24, 2.45) is 10.7 Å². The van der Waals surface area contributed by atoms with E-state index in [4.69, 9.17) is 19.6 Å². The van der Waals surface area contributed by atoms with E-state index in [0.717, 1.165) is 12.0 Å². The lowest BCUT2D eigenvalue weighted by Gasteiger charge is -2.10. The van der Waals surface area contributed by atoms with Crippen LogP contribution in [0.1, 0.15) is 11.3 Å². The fraction of sp³-hybridized carbons (Fsp3) is 0.333. The molecule has 0 fully saturated rings. The monoisotopic (exact) mass is 488 g/mol. The van der Waals surface area contributed by atoms with Crippen LogP contribution in [0.3, 0.4) is 0 Å². The van der Waals surface area contributed by atoms with E-state index in [2.05, 4.69) is 15.6 Å². The quantitative estimate of drug-likeness (QED) is 0.282. The largest absolute Gasteiger partial charge is 0.493 e. The average molecular weight is 488 g/mol. The third-order valence-electron chi connectivity index (χ3n) is 3.60. The lowest BCUT2D eigenvalue weighted by molar-refractivity contribution is -0.119. The standard InChI is InChI=1S/C18H24N4O4.HI/c1-24-15-6-5-13(10-16(15)25-2)7-8-20-18(19)22-12-17(23)21-11-14-4-3-9-26-14;/h3-6,9-10H,7-8,11-12H2,1-2H3,(H,21,23)(H3,19,20,22);1H. The second kappa shape index (κ2) is 12.0. The molecule has 0 atom stereocenters. The van der Waals surface area contributed by atoms with Gasteiger partial charge in [-0.3, -0.25) is 4.79 Å². The minimum atomic E-state index is -0.231. The summed E-state index contributed by atoms with van der Waals surface area (Å²) in [4.78, 5) is 15.7. The lowest BCUT2D eigenvalue weighted by atomic mass is 10.1. The molecule has 2 rings (SSSR count). The fourth-order valence-corrected chi connectivity index (χ4v) is 2.24. The number of guanidine groups is 1. The minimum absolute atomic E-state index is 0. The summed E-state index contributed by atoms with van der Waals surface area (Å²) in [5, 5.41) is 5.68. The number of amides is 1. The predicted octanol–water partition coefficient (Wildman–Crippen LogP) is 1.68. The Kier molecular flexibility index (Phi) is 10.1. The van der Waals surface area contributed by atoms with Crippen molar-refractivity contribution >= 4 is 35.8 Å². The molecule has 9 heteroatoms. The van der Waals surface area contributed by atoms with E-state index in [1.165, 1.54) is 0 Å². The van der Waals surface area contributed by atoms with Crippen LogP contribution in [0, 0.1) is 0 Å². The van der Waals surface area contributed by atoms with Gasteiger partial charge in [0.1, 0.15) is 12.3 Å². The zero-order chi connectivity index (χ0) is 18.8. The van der Waals surface area contributed by atoms with E-state index in [0.29, 0.717) is 30.3 Å². The molecule has 0 aliphatic heterocycles. The molecule has 1 aromatic heterocycles. The van der Waals surface area contributed by atoms with Crippen molar-refractivity contribution in [1.82, 2.24) is 10.6 Å². The van der Waals surface area contributed by atoms with Crippen molar-refractivity contribution in [1.29, 1.82) is 0 Å². The summed E-state index contributed by atoms with van der Waals surface area (Å²) in [6, 6.07) is 9.27. The Hall–Kier alpha value is -2.43. The summed E-state index contributed by atoms with van der Waals surface area (Å²) in [5.74, 6) is 2.04. The highest BCUT2D eigenvalue weighted by Crippen LogP contribution is 2.27. The number of carbonyl (C=O) groups is 1. The number of rotatable bonds is 9. The van der Waals surface area contributed by atoms with Gasteiger partial charge in [-0.1, -0.05) is 6.07 Å². The van der Waals surface area contributed by atoms with Gasteiger partial charge in [-0.05, 0) is 36.2 Å². The molecule has 27 heavy (non-hydrogen) atoms. The Labute approximate surface area is 175 Å². The zero-order valence-electron chi connectivity index (χ0n) is 15.4. The van der Waals surface area contributed by atoms with Gasteiger partial charge in [0.25, 0.3) is 0 Å². The van der Waals surface area contributed by atoms with E-state index >= 15 is 0 Å². The summed E-state index contributed by atoms with van der Waals surface area (Å²) in [6.45, 7) is 0.864.